The van der Waals surface area contributed by atoms with Crippen LogP contribution in [0.2, 0.25) is 0 Å². The van der Waals surface area contributed by atoms with Gasteiger partial charge in [0.15, 0.2) is 0 Å². The summed E-state index contributed by atoms with van der Waals surface area (Å²) in [6.45, 7) is 18.2. The maximum absolute atomic E-state index is 11.3. The average Bonchev–Trinajstić information content (AvgIpc) is 3.36. The van der Waals surface area contributed by atoms with E-state index in [4.69, 9.17) is 0 Å². The molecule has 0 atom stereocenters. The van der Waals surface area contributed by atoms with Crippen molar-refractivity contribution in [2.45, 2.75) is 144 Å². The van der Waals surface area contributed by atoms with E-state index in [1.54, 1.807) is 0 Å². The van der Waals surface area contributed by atoms with Crippen molar-refractivity contribution in [1.29, 1.82) is 0 Å². The second kappa shape index (κ2) is 26.4. The molecule has 3 rings (SSSR count). The van der Waals surface area contributed by atoms with Crippen molar-refractivity contribution >= 4 is 11.4 Å². The van der Waals surface area contributed by atoms with Gasteiger partial charge in [0.1, 0.15) is 0 Å². The van der Waals surface area contributed by atoms with Gasteiger partial charge in [-0.2, -0.15) is 12.8 Å². The van der Waals surface area contributed by atoms with Gasteiger partial charge in [-0.05, 0) is 73.9 Å². The molecule has 0 N–H and O–H groups in total. The molecule has 1 aliphatic rings. The zero-order valence-electron chi connectivity index (χ0n) is 28.3. The third kappa shape index (κ3) is 16.1. The van der Waals surface area contributed by atoms with Crippen molar-refractivity contribution in [2.24, 2.45) is 0 Å². The van der Waals surface area contributed by atoms with Crippen molar-refractivity contribution in [2.75, 3.05) is 0 Å². The molecule has 0 aromatic heterocycles. The van der Waals surface area contributed by atoms with Gasteiger partial charge >= 0.3 is 16.5 Å². The molecule has 2 aromatic rings. The molecule has 2 nitrogen and oxygen atoms in total. The number of unbranched alkanes of at least 4 members (excludes halogenated alkanes) is 9. The van der Waals surface area contributed by atoms with Gasteiger partial charge in [-0.25, -0.2) is 4.70 Å². The summed E-state index contributed by atoms with van der Waals surface area (Å²) >= 11 is 0. The Kier molecular flexibility index (Phi) is 25.2. The first-order valence-electron chi connectivity index (χ1n) is 17.2. The zero-order valence-corrected chi connectivity index (χ0v) is 29.3. The second-order valence-corrected chi connectivity index (χ2v) is 11.5. The van der Waals surface area contributed by atoms with Crippen molar-refractivity contribution in [3.63, 3.8) is 0 Å². The van der Waals surface area contributed by atoms with Crippen LogP contribution in [0.25, 0.3) is 16.9 Å². The van der Waals surface area contributed by atoms with Crippen LogP contribution in [0.3, 0.4) is 0 Å². The molecule has 2 aromatic carbocycles. The minimum Gasteiger partial charge on any atom is -0.493 e. The largest absolute Gasteiger partial charge is 2.00 e. The Labute approximate surface area is 277 Å². The molecular weight excluding hydrogens is 567 g/mol. The molecule has 43 heavy (non-hydrogen) atoms. The normalized spacial score (nSPS) is 12.2. The quantitative estimate of drug-likeness (QED) is 0.0720. The Morgan fingerprint density at radius 2 is 1.12 bits per heavy atom. The Morgan fingerprint density at radius 1 is 0.581 bits per heavy atom. The number of nitrogens with zero attached hydrogens (tertiary/aromatic N) is 2. The standard InChI is InChI=1S/C32H44N2.2C4H9.Ni/c1-4-7-10-11-12-13-16-27-17-14-19-29(24-27)32-30(18-9-6-3)25-31(34(32)33)28-22-20-26(21-23-28)15-8-5-2;2*1-3-4-2;/h14,17,19-25H,4-13,15-16,18H2,1-3H3;2*1,3-4H2,2H3;/q;2*-1;+2. The van der Waals surface area contributed by atoms with Gasteiger partial charge in [0, 0.05) is 22.8 Å². The van der Waals surface area contributed by atoms with E-state index in [0.29, 0.717) is 0 Å². The van der Waals surface area contributed by atoms with Gasteiger partial charge in [0.05, 0.1) is 0 Å². The van der Waals surface area contributed by atoms with Crippen LogP contribution in [-0.2, 0) is 29.3 Å². The molecule has 3 heteroatoms. The molecule has 242 valence electrons. The predicted molar refractivity (Wildman–Crippen MR) is 187 cm³/mol. The van der Waals surface area contributed by atoms with Gasteiger partial charge in [-0.3, -0.25) is 0 Å². The fraction of sp³-hybridized carbons (Fsp3) is 0.550. The first-order valence-corrected chi connectivity index (χ1v) is 17.2. The van der Waals surface area contributed by atoms with Crippen molar-refractivity contribution < 1.29 is 21.2 Å². The van der Waals surface area contributed by atoms with Gasteiger partial charge in [-0.1, -0.05) is 117 Å². The molecule has 1 aliphatic heterocycles. The third-order valence-corrected chi connectivity index (χ3v) is 7.65. The van der Waals surface area contributed by atoms with Crippen molar-refractivity contribution in [3.05, 3.63) is 102 Å². The number of allylic oxidation sites excluding steroid dienone is 2. The van der Waals surface area contributed by atoms with Crippen molar-refractivity contribution in [3.8, 4) is 0 Å². The van der Waals surface area contributed by atoms with E-state index in [2.05, 4.69) is 103 Å². The number of hydrogen-bond donors (Lipinski definition) is 0. The van der Waals surface area contributed by atoms with Gasteiger partial charge in [-0.15, -0.1) is 0 Å². The number of aryl methyl sites for hydroxylation is 2. The summed E-state index contributed by atoms with van der Waals surface area (Å²) in [6.07, 6.45) is 22.6. The van der Waals surface area contributed by atoms with Crippen LogP contribution < -0.4 is 0 Å². The van der Waals surface area contributed by atoms with E-state index in [1.807, 2.05) is 0 Å². The smallest absolute Gasteiger partial charge is 0.493 e. The van der Waals surface area contributed by atoms with Gasteiger partial charge in [0.25, 0.3) is 0 Å². The SMILES string of the molecule is CCCCCCCCc1cccc(C2=C(CCCC)C=C(c3ccc(CCCC)cc3)[N+]2=[N-])c1.[CH2-]CCC.[CH2-]CCC.[Ni+2]. The first kappa shape index (κ1) is 41.0. The topological polar surface area (TPSA) is 25.3 Å². The number of rotatable bonds is 17. The van der Waals surface area contributed by atoms with E-state index < -0.39 is 0 Å². The Bertz CT molecular complexity index is 1040. The Balaban J connectivity index is 0.00000174. The molecule has 0 radical (unpaired) electrons. The molecule has 1 heterocycles. The number of hydrogen-bond acceptors (Lipinski definition) is 0. The van der Waals surface area contributed by atoms with E-state index in [0.717, 1.165) is 67.5 Å². The minimum absolute atomic E-state index is 0. The van der Waals surface area contributed by atoms with Gasteiger partial charge < -0.3 is 19.4 Å². The Morgan fingerprint density at radius 3 is 1.70 bits per heavy atom. The van der Waals surface area contributed by atoms with Gasteiger partial charge in [0.2, 0.25) is 11.4 Å². The molecule has 0 unspecified atom stereocenters. The predicted octanol–water partition coefficient (Wildman–Crippen LogP) is 13.2. The first-order chi connectivity index (χ1) is 20.5. The molecule has 0 amide bonds. The zero-order chi connectivity index (χ0) is 31.0. The molecule has 0 bridgehead atoms. The Hall–Kier alpha value is -1.99. The van der Waals surface area contributed by atoms with E-state index in [1.165, 1.54) is 85.6 Å². The van der Waals surface area contributed by atoms with Crippen LogP contribution in [0.4, 0.5) is 0 Å². The van der Waals surface area contributed by atoms with Crippen LogP contribution in [0.1, 0.15) is 153 Å². The summed E-state index contributed by atoms with van der Waals surface area (Å²) in [6, 6.07) is 17.6. The fourth-order valence-electron chi connectivity index (χ4n) is 4.83. The van der Waals surface area contributed by atoms with Crippen LogP contribution in [-0.4, -0.2) is 4.70 Å². The molecule has 0 fully saturated rings. The fourth-order valence-corrected chi connectivity index (χ4v) is 4.83. The summed E-state index contributed by atoms with van der Waals surface area (Å²) in [4.78, 5) is 0. The maximum atomic E-state index is 11.3. The van der Waals surface area contributed by atoms with E-state index in [9.17, 15) is 5.53 Å². The summed E-state index contributed by atoms with van der Waals surface area (Å²) < 4.78 is 1.44. The molecule has 0 saturated carbocycles. The molecule has 0 saturated heterocycles. The maximum Gasteiger partial charge on any atom is 2.00 e. The second-order valence-electron chi connectivity index (χ2n) is 11.5. The van der Waals surface area contributed by atoms with Crippen LogP contribution in [0, 0.1) is 13.8 Å². The summed E-state index contributed by atoms with van der Waals surface area (Å²) in [5.41, 5.74) is 19.4. The third-order valence-electron chi connectivity index (χ3n) is 7.65. The monoisotopic (exact) mass is 628 g/mol. The summed E-state index contributed by atoms with van der Waals surface area (Å²) in [7, 11) is 0. The van der Waals surface area contributed by atoms with Crippen LogP contribution in [0.15, 0.2) is 60.2 Å². The molecule has 0 aliphatic carbocycles. The van der Waals surface area contributed by atoms with Crippen LogP contribution in [0.5, 0.6) is 0 Å². The summed E-state index contributed by atoms with van der Waals surface area (Å²) in [5, 5.41) is 0. The van der Waals surface area contributed by atoms with E-state index in [-0.39, 0.29) is 16.5 Å². The average molecular weight is 630 g/mol. The summed E-state index contributed by atoms with van der Waals surface area (Å²) in [5.74, 6) is 0. The van der Waals surface area contributed by atoms with E-state index >= 15 is 0 Å². The van der Waals surface area contributed by atoms with Crippen LogP contribution >= 0.6 is 0 Å². The minimum atomic E-state index is 0. The molecular formula is C40H62N2Ni. The number of benzene rings is 2. The molecule has 0 spiro atoms. The van der Waals surface area contributed by atoms with Crippen molar-refractivity contribution in [1.82, 2.24) is 0 Å².